The molecule has 0 aliphatic carbocycles. The molecule has 0 aliphatic heterocycles. The molecule has 1 rings (SSSR count). The lowest BCUT2D eigenvalue weighted by molar-refractivity contribution is -0.143. The van der Waals surface area contributed by atoms with Crippen LogP contribution in [-0.2, 0) is 6.18 Å². The molecule has 13 heavy (non-hydrogen) atoms. The summed E-state index contributed by atoms with van der Waals surface area (Å²) in [5, 5.41) is 0. The average Bonchev–Trinajstić information content (AvgIpc) is 2.03. The minimum absolute atomic E-state index is 0.709. The van der Waals surface area contributed by atoms with Crippen molar-refractivity contribution in [1.82, 2.24) is 4.98 Å². The minimum Gasteiger partial charge on any atom is -0.251 e. The lowest BCUT2D eigenvalue weighted by Gasteiger charge is -2.09. The Hall–Kier alpha value is -1.20. The molecule has 1 aromatic rings. The van der Waals surface area contributed by atoms with Crippen LogP contribution < -0.4 is 0 Å². The summed E-state index contributed by atoms with van der Waals surface area (Å²) in [6.07, 6.45) is -7.16. The number of alkyl halides is 5. The second kappa shape index (κ2) is 3.27. The molecule has 1 heterocycles. The first kappa shape index (κ1) is 9.88. The standard InChI is InChI=1S/C7H4F5N/c8-6(9)4-2-1-3-13-5(4)7(10,11)12/h1-3,6H. The lowest BCUT2D eigenvalue weighted by Crippen LogP contribution is -2.11. The van der Waals surface area contributed by atoms with Gasteiger partial charge in [-0.2, -0.15) is 13.2 Å². The molecule has 0 fully saturated rings. The monoisotopic (exact) mass is 197 g/mol. The summed E-state index contributed by atoms with van der Waals surface area (Å²) >= 11 is 0. The van der Waals surface area contributed by atoms with Crippen LogP contribution in [0.15, 0.2) is 18.3 Å². The largest absolute Gasteiger partial charge is 0.433 e. The fourth-order valence-electron chi connectivity index (χ4n) is 0.831. The summed E-state index contributed by atoms with van der Waals surface area (Å²) in [5.41, 5.74) is -2.61. The van der Waals surface area contributed by atoms with Crippen molar-refractivity contribution in [3.8, 4) is 0 Å². The first-order valence-electron chi connectivity index (χ1n) is 3.23. The maximum absolute atomic E-state index is 12.0. The highest BCUT2D eigenvalue weighted by Gasteiger charge is 2.37. The summed E-state index contributed by atoms with van der Waals surface area (Å²) in [6.45, 7) is 0. The molecule has 0 saturated heterocycles. The highest BCUT2D eigenvalue weighted by Crippen LogP contribution is 2.34. The number of aromatic nitrogens is 1. The maximum atomic E-state index is 12.0. The summed E-state index contributed by atoms with van der Waals surface area (Å²) in [6, 6.07) is 1.75. The number of hydrogen-bond acceptors (Lipinski definition) is 1. The normalized spacial score (nSPS) is 12.2. The van der Waals surface area contributed by atoms with Crippen molar-refractivity contribution >= 4 is 0 Å². The predicted molar refractivity (Wildman–Crippen MR) is 34.2 cm³/mol. The van der Waals surface area contributed by atoms with Crippen LogP contribution in [0.1, 0.15) is 17.7 Å². The number of halogens is 5. The molecule has 1 aromatic heterocycles. The lowest BCUT2D eigenvalue weighted by atomic mass is 10.2. The van der Waals surface area contributed by atoms with Crippen LogP contribution in [0.25, 0.3) is 0 Å². The molecule has 72 valence electrons. The van der Waals surface area contributed by atoms with Crippen LogP contribution in [0, 0.1) is 0 Å². The van der Waals surface area contributed by atoms with Gasteiger partial charge in [0, 0.05) is 11.8 Å². The molecule has 0 aromatic carbocycles. The number of pyridine rings is 1. The van der Waals surface area contributed by atoms with Gasteiger partial charge in [0.25, 0.3) is 6.43 Å². The van der Waals surface area contributed by atoms with Gasteiger partial charge in [-0.3, -0.25) is 4.98 Å². The quantitative estimate of drug-likeness (QED) is 0.630. The average molecular weight is 197 g/mol. The number of hydrogen-bond donors (Lipinski definition) is 0. The van der Waals surface area contributed by atoms with E-state index in [9.17, 15) is 22.0 Å². The topological polar surface area (TPSA) is 12.9 Å². The molecule has 1 nitrogen and oxygen atoms in total. The Morgan fingerprint density at radius 1 is 1.23 bits per heavy atom. The van der Waals surface area contributed by atoms with Crippen molar-refractivity contribution in [3.63, 3.8) is 0 Å². The van der Waals surface area contributed by atoms with E-state index >= 15 is 0 Å². The predicted octanol–water partition coefficient (Wildman–Crippen LogP) is 3.04. The Balaban J connectivity index is 3.20. The van der Waals surface area contributed by atoms with Crippen LogP contribution in [0.4, 0.5) is 22.0 Å². The van der Waals surface area contributed by atoms with E-state index in [0.717, 1.165) is 12.3 Å². The summed E-state index contributed by atoms with van der Waals surface area (Å²) in [5.74, 6) is 0. The summed E-state index contributed by atoms with van der Waals surface area (Å²) in [4.78, 5) is 2.87. The molecule has 0 saturated carbocycles. The van der Waals surface area contributed by atoms with Crippen LogP contribution in [0.5, 0.6) is 0 Å². The van der Waals surface area contributed by atoms with E-state index < -0.39 is 23.9 Å². The van der Waals surface area contributed by atoms with Crippen LogP contribution >= 0.6 is 0 Å². The van der Waals surface area contributed by atoms with E-state index in [4.69, 9.17) is 0 Å². The molecule has 6 heteroatoms. The van der Waals surface area contributed by atoms with Crippen molar-refractivity contribution in [3.05, 3.63) is 29.6 Å². The zero-order valence-corrected chi connectivity index (χ0v) is 6.15. The Labute approximate surface area is 70.2 Å². The number of rotatable bonds is 1. The molecule has 0 bridgehead atoms. The third-order valence-corrected chi connectivity index (χ3v) is 1.34. The van der Waals surface area contributed by atoms with Crippen molar-refractivity contribution < 1.29 is 22.0 Å². The van der Waals surface area contributed by atoms with Crippen LogP contribution in [0.3, 0.4) is 0 Å². The number of nitrogens with zero attached hydrogens (tertiary/aromatic N) is 1. The Bertz CT molecular complexity index is 293. The maximum Gasteiger partial charge on any atom is 0.433 e. The highest BCUT2D eigenvalue weighted by atomic mass is 19.4. The van der Waals surface area contributed by atoms with E-state index in [-0.39, 0.29) is 0 Å². The first-order valence-corrected chi connectivity index (χ1v) is 3.23. The summed E-state index contributed by atoms with van der Waals surface area (Å²) in [7, 11) is 0. The molecule has 0 aliphatic rings. The molecule has 0 amide bonds. The molecule has 0 radical (unpaired) electrons. The van der Waals surface area contributed by atoms with Gasteiger partial charge < -0.3 is 0 Å². The van der Waals surface area contributed by atoms with Crippen molar-refractivity contribution in [2.45, 2.75) is 12.6 Å². The van der Waals surface area contributed by atoms with Crippen LogP contribution in [-0.4, -0.2) is 4.98 Å². The highest BCUT2D eigenvalue weighted by molar-refractivity contribution is 5.23. The third-order valence-electron chi connectivity index (χ3n) is 1.34. The van der Waals surface area contributed by atoms with E-state index in [1.807, 2.05) is 0 Å². The van der Waals surface area contributed by atoms with Gasteiger partial charge in [-0.25, -0.2) is 8.78 Å². The second-order valence-electron chi connectivity index (χ2n) is 2.24. The Kier molecular flexibility index (Phi) is 2.49. The van der Waals surface area contributed by atoms with E-state index in [1.165, 1.54) is 0 Å². The summed E-state index contributed by atoms with van der Waals surface area (Å²) < 4.78 is 60.1. The molecule has 0 atom stereocenters. The van der Waals surface area contributed by atoms with Crippen molar-refractivity contribution in [1.29, 1.82) is 0 Å². The van der Waals surface area contributed by atoms with Gasteiger partial charge in [0.2, 0.25) is 0 Å². The Morgan fingerprint density at radius 3 is 2.23 bits per heavy atom. The van der Waals surface area contributed by atoms with Gasteiger partial charge in [0.05, 0.1) is 0 Å². The van der Waals surface area contributed by atoms with Gasteiger partial charge in [0.1, 0.15) is 0 Å². The second-order valence-corrected chi connectivity index (χ2v) is 2.24. The molecular weight excluding hydrogens is 193 g/mol. The fourth-order valence-corrected chi connectivity index (χ4v) is 0.831. The Morgan fingerprint density at radius 2 is 1.85 bits per heavy atom. The molecule has 0 spiro atoms. The van der Waals surface area contributed by atoms with Gasteiger partial charge in [-0.05, 0) is 12.1 Å². The van der Waals surface area contributed by atoms with E-state index in [2.05, 4.69) is 4.98 Å². The van der Waals surface area contributed by atoms with Gasteiger partial charge in [-0.1, -0.05) is 0 Å². The van der Waals surface area contributed by atoms with Gasteiger partial charge in [-0.15, -0.1) is 0 Å². The van der Waals surface area contributed by atoms with E-state index in [1.54, 1.807) is 0 Å². The van der Waals surface area contributed by atoms with Crippen molar-refractivity contribution in [2.75, 3.05) is 0 Å². The third kappa shape index (κ3) is 2.13. The SMILES string of the molecule is FC(F)c1cccnc1C(F)(F)F. The van der Waals surface area contributed by atoms with E-state index in [0.29, 0.717) is 6.07 Å². The molecule has 0 unspecified atom stereocenters. The zero-order chi connectivity index (χ0) is 10.1. The first-order chi connectivity index (χ1) is 5.93. The van der Waals surface area contributed by atoms with Gasteiger partial charge in [0.15, 0.2) is 5.69 Å². The van der Waals surface area contributed by atoms with Crippen LogP contribution in [0.2, 0.25) is 0 Å². The molecular formula is C7H4F5N. The smallest absolute Gasteiger partial charge is 0.251 e. The van der Waals surface area contributed by atoms with Crippen molar-refractivity contribution in [2.24, 2.45) is 0 Å². The minimum atomic E-state index is -4.83. The molecule has 0 N–H and O–H groups in total. The zero-order valence-electron chi connectivity index (χ0n) is 6.15. The fraction of sp³-hybridized carbons (Fsp3) is 0.286. The van der Waals surface area contributed by atoms with Gasteiger partial charge >= 0.3 is 6.18 Å².